The smallest absolute Gasteiger partial charge is 0.316 e. The summed E-state index contributed by atoms with van der Waals surface area (Å²) in [5.74, 6) is 0. The molecule has 2 aromatic rings. The first-order valence-electron chi connectivity index (χ1n) is 4.91. The predicted molar refractivity (Wildman–Crippen MR) is 64.2 cm³/mol. The molecule has 0 aromatic heterocycles. The molecule has 2 aromatic carbocycles. The van der Waals surface area contributed by atoms with Crippen LogP contribution in [0.2, 0.25) is 0 Å². The molecule has 0 spiro atoms. The molecule has 0 aliphatic rings. The highest BCUT2D eigenvalue weighted by Gasteiger charge is 1.94. The lowest BCUT2D eigenvalue weighted by Gasteiger charge is -1.92. The number of benzene rings is 2. The van der Waals surface area contributed by atoms with Crippen LogP contribution in [0, 0.1) is 0 Å². The molecule has 3 heteroatoms. The lowest BCUT2D eigenvalue weighted by Crippen LogP contribution is -2.09. The van der Waals surface area contributed by atoms with Gasteiger partial charge in [0.05, 0.1) is 5.69 Å². The fraction of sp³-hybridized carbons (Fsp3) is 0. The first-order chi connectivity index (χ1) is 7.45. The van der Waals surface area contributed by atoms with Gasteiger partial charge in [0, 0.05) is 0 Å². The number of hydrogen-bond acceptors (Lipinski definition) is 2. The molecule has 2 rings (SSSR count). The third-order valence-corrected chi connectivity index (χ3v) is 3.16. The first-order valence-corrected chi connectivity index (χ1v) is 6.25. The van der Waals surface area contributed by atoms with E-state index in [1.165, 1.54) is 4.43 Å². The fourth-order valence-electron chi connectivity index (χ4n) is 1.28. The molecular formula is C12H11AlN2. The van der Waals surface area contributed by atoms with Crippen molar-refractivity contribution in [2.75, 3.05) is 0 Å². The highest BCUT2D eigenvalue weighted by molar-refractivity contribution is 6.51. The van der Waals surface area contributed by atoms with Crippen LogP contribution in [0.3, 0.4) is 0 Å². The van der Waals surface area contributed by atoms with Crippen molar-refractivity contribution in [1.29, 1.82) is 0 Å². The maximum Gasteiger partial charge on any atom is 0.488 e. The zero-order valence-electron chi connectivity index (χ0n) is 8.38. The topological polar surface area (TPSA) is 24.7 Å². The molecule has 0 aliphatic heterocycles. The normalized spacial score (nSPS) is 10.4. The van der Waals surface area contributed by atoms with Crippen molar-refractivity contribution in [2.24, 2.45) is 9.21 Å². The summed E-state index contributed by atoms with van der Waals surface area (Å²) in [5, 5.41) is 4.19. The average Bonchev–Trinajstić information content (AvgIpc) is 2.32. The maximum absolute atomic E-state index is 4.28. The van der Waals surface area contributed by atoms with Crippen molar-refractivity contribution in [3.05, 3.63) is 60.7 Å². The Morgan fingerprint density at radius 1 is 0.733 bits per heavy atom. The second-order valence-corrected chi connectivity index (χ2v) is 4.64. The number of hydrogen-bond donors (Lipinski definition) is 0. The Labute approximate surface area is 95.6 Å². The molecule has 0 atom stereocenters. The van der Waals surface area contributed by atoms with Crippen LogP contribution in [0.5, 0.6) is 0 Å². The Morgan fingerprint density at radius 3 is 2.00 bits per heavy atom. The Morgan fingerprint density at radius 2 is 1.33 bits per heavy atom. The van der Waals surface area contributed by atoms with Gasteiger partial charge in [0.1, 0.15) is 0 Å². The summed E-state index contributed by atoms with van der Waals surface area (Å²) in [6, 6.07) is 20.2. The van der Waals surface area contributed by atoms with Crippen LogP contribution in [0.15, 0.2) is 69.9 Å². The quantitative estimate of drug-likeness (QED) is 0.549. The summed E-state index contributed by atoms with van der Waals surface area (Å²) >= 11 is -0.597. The van der Waals surface area contributed by atoms with E-state index in [1.54, 1.807) is 0 Å². The Kier molecular flexibility index (Phi) is 3.67. The predicted octanol–water partition coefficient (Wildman–Crippen LogP) is 2.45. The highest BCUT2D eigenvalue weighted by Crippen LogP contribution is 2.09. The maximum atomic E-state index is 4.28. The minimum Gasteiger partial charge on any atom is -0.316 e. The molecule has 15 heavy (non-hydrogen) atoms. The van der Waals surface area contributed by atoms with E-state index in [-0.39, 0.29) is 0 Å². The van der Waals surface area contributed by atoms with Gasteiger partial charge in [0.15, 0.2) is 0 Å². The van der Waals surface area contributed by atoms with Crippen molar-refractivity contribution in [3.8, 4) is 0 Å². The minimum atomic E-state index is -0.597. The molecule has 0 bridgehead atoms. The molecule has 0 aliphatic carbocycles. The van der Waals surface area contributed by atoms with E-state index in [9.17, 15) is 0 Å². The van der Waals surface area contributed by atoms with E-state index in [0.717, 1.165) is 5.69 Å². The Balaban J connectivity index is 1.97. The van der Waals surface area contributed by atoms with Crippen molar-refractivity contribution < 1.29 is 0 Å². The van der Waals surface area contributed by atoms with Gasteiger partial charge in [0.25, 0.3) is 0 Å². The molecule has 0 saturated carbocycles. The first kappa shape index (κ1) is 10.1. The zero-order valence-corrected chi connectivity index (χ0v) is 9.79. The van der Waals surface area contributed by atoms with Gasteiger partial charge in [-0.15, -0.1) is 0 Å². The lowest BCUT2D eigenvalue weighted by atomic mass is 10.3. The minimum absolute atomic E-state index is 0.597. The number of nitrogens with zero attached hydrogens (tertiary/aromatic N) is 2. The molecule has 0 amide bonds. The SMILES string of the molecule is c1ccc(N=[N][AlH][c]2ccccc2)cc1. The van der Waals surface area contributed by atoms with Crippen molar-refractivity contribution in [1.82, 2.24) is 0 Å². The van der Waals surface area contributed by atoms with Gasteiger partial charge in [0.2, 0.25) is 0 Å². The van der Waals surface area contributed by atoms with Crippen LogP contribution >= 0.6 is 0 Å². The summed E-state index contributed by atoms with van der Waals surface area (Å²) in [6.45, 7) is 0. The van der Waals surface area contributed by atoms with Crippen LogP contribution in [0.4, 0.5) is 5.69 Å². The molecule has 0 saturated heterocycles. The lowest BCUT2D eigenvalue weighted by molar-refractivity contribution is 1.32. The van der Waals surface area contributed by atoms with Gasteiger partial charge in [-0.2, -0.15) is 5.11 Å². The molecule has 0 unspecified atom stereocenters. The van der Waals surface area contributed by atoms with Crippen LogP contribution in [-0.4, -0.2) is 15.4 Å². The largest absolute Gasteiger partial charge is 0.488 e. The van der Waals surface area contributed by atoms with Gasteiger partial charge in [-0.05, 0) is 12.1 Å². The van der Waals surface area contributed by atoms with Gasteiger partial charge >= 0.3 is 15.4 Å². The second kappa shape index (κ2) is 5.45. The summed E-state index contributed by atoms with van der Waals surface area (Å²) in [7, 11) is 0. The Hall–Kier alpha value is -1.43. The second-order valence-electron chi connectivity index (χ2n) is 3.22. The van der Waals surface area contributed by atoms with E-state index in [4.69, 9.17) is 0 Å². The fourth-order valence-corrected chi connectivity index (χ4v) is 2.16. The molecule has 0 radical (unpaired) electrons. The van der Waals surface area contributed by atoms with Crippen LogP contribution in [-0.2, 0) is 0 Å². The number of rotatable bonds is 3. The summed E-state index contributed by atoms with van der Waals surface area (Å²) in [6.07, 6.45) is 0. The summed E-state index contributed by atoms with van der Waals surface area (Å²) in [5.41, 5.74) is 0.931. The van der Waals surface area contributed by atoms with Crippen LogP contribution in [0.1, 0.15) is 0 Å². The standard InChI is InChI=1S/C6H5N2.C6H5.Al.H/c7-8-6-4-2-1-3-5-6;1-2-4-6-5-3-1;;/h1-5H;1-5H;;/q-1;;+1;. The molecule has 0 fully saturated rings. The average molecular weight is 210 g/mol. The third kappa shape index (κ3) is 3.32. The molecule has 0 heterocycles. The summed E-state index contributed by atoms with van der Waals surface area (Å²) in [4.78, 5) is 0. The Bertz CT molecular complexity index is 426. The van der Waals surface area contributed by atoms with Gasteiger partial charge in [-0.1, -0.05) is 53.0 Å². The molecule has 72 valence electrons. The van der Waals surface area contributed by atoms with Crippen LogP contribution in [0.25, 0.3) is 0 Å². The van der Waals surface area contributed by atoms with Gasteiger partial charge in [-0.25, -0.2) is 0 Å². The molecular weight excluding hydrogens is 199 g/mol. The zero-order chi connectivity index (χ0) is 10.3. The van der Waals surface area contributed by atoms with Crippen LogP contribution < -0.4 is 4.43 Å². The van der Waals surface area contributed by atoms with Crippen molar-refractivity contribution >= 4 is 25.6 Å². The monoisotopic (exact) mass is 210 g/mol. The third-order valence-electron chi connectivity index (χ3n) is 2.04. The van der Waals surface area contributed by atoms with E-state index in [1.807, 2.05) is 48.5 Å². The van der Waals surface area contributed by atoms with E-state index < -0.39 is 15.4 Å². The molecule has 2 nitrogen and oxygen atoms in total. The highest BCUT2D eigenvalue weighted by atomic mass is 27.1. The van der Waals surface area contributed by atoms with E-state index in [0.29, 0.717) is 0 Å². The van der Waals surface area contributed by atoms with Crippen molar-refractivity contribution in [3.63, 3.8) is 0 Å². The van der Waals surface area contributed by atoms with Crippen molar-refractivity contribution in [2.45, 2.75) is 0 Å². The van der Waals surface area contributed by atoms with Gasteiger partial charge in [-0.3, -0.25) is 0 Å². The van der Waals surface area contributed by atoms with E-state index in [2.05, 4.69) is 21.3 Å². The molecule has 0 N–H and O–H groups in total. The summed E-state index contributed by atoms with van der Waals surface area (Å²) < 4.78 is 5.59. The van der Waals surface area contributed by atoms with Gasteiger partial charge < -0.3 is 4.10 Å². The van der Waals surface area contributed by atoms with E-state index >= 15 is 0 Å².